The monoisotopic (exact) mass is 351 g/mol. The Kier molecular flexibility index (Phi) is 4.42. The molecule has 2 heterocycles. The molecule has 0 bridgehead atoms. The zero-order chi connectivity index (χ0) is 18.2. The lowest BCUT2D eigenvalue weighted by molar-refractivity contribution is -0.513. The van der Waals surface area contributed by atoms with Crippen LogP contribution in [0.4, 0.5) is 14.5 Å². The summed E-state index contributed by atoms with van der Waals surface area (Å²) in [5.74, 6) is -1.35. The highest BCUT2D eigenvalue weighted by Crippen LogP contribution is 2.35. The number of nitrogens with zero attached hydrogens (tertiary/aromatic N) is 3. The molecule has 0 saturated carbocycles. The molecule has 1 aromatic carbocycles. The number of piperidine rings is 1. The topological polar surface area (TPSA) is 111 Å². The smallest absolute Gasteiger partial charge is 0.290 e. The SMILES string of the molecule is NC1=NC=CC(N)(C2CCN(c3cc(F)ccc3F)CC2)C1[N+](=O)[O-]. The van der Waals surface area contributed by atoms with Gasteiger partial charge in [-0.25, -0.2) is 13.8 Å². The third-order valence-electron chi connectivity index (χ3n) is 5.00. The fourth-order valence-electron chi connectivity index (χ4n) is 3.67. The normalized spacial score (nSPS) is 27.2. The molecule has 7 nitrogen and oxygen atoms in total. The van der Waals surface area contributed by atoms with Gasteiger partial charge in [0.05, 0.1) is 5.69 Å². The number of rotatable bonds is 3. The maximum absolute atomic E-state index is 13.9. The van der Waals surface area contributed by atoms with Crippen molar-refractivity contribution in [1.82, 2.24) is 0 Å². The number of hydrogen-bond acceptors (Lipinski definition) is 6. The van der Waals surface area contributed by atoms with Crippen molar-refractivity contribution < 1.29 is 13.7 Å². The highest BCUT2D eigenvalue weighted by Gasteiger charge is 2.52. The number of amidine groups is 1. The highest BCUT2D eigenvalue weighted by atomic mass is 19.1. The van der Waals surface area contributed by atoms with E-state index in [9.17, 15) is 18.9 Å². The fraction of sp³-hybridized carbons (Fsp3) is 0.438. The molecule has 1 aromatic rings. The number of aliphatic imine (C=N–C) groups is 1. The molecule has 1 saturated heterocycles. The Morgan fingerprint density at radius 2 is 2.00 bits per heavy atom. The average Bonchev–Trinajstić information content (AvgIpc) is 2.57. The van der Waals surface area contributed by atoms with Crippen molar-refractivity contribution in [3.8, 4) is 0 Å². The Balaban J connectivity index is 1.77. The lowest BCUT2D eigenvalue weighted by atomic mass is 9.72. The maximum atomic E-state index is 13.9. The lowest BCUT2D eigenvalue weighted by Crippen LogP contribution is -2.65. The van der Waals surface area contributed by atoms with Crippen LogP contribution in [0.3, 0.4) is 0 Å². The second-order valence-electron chi connectivity index (χ2n) is 6.41. The Hall–Kier alpha value is -2.55. The Morgan fingerprint density at radius 1 is 1.32 bits per heavy atom. The zero-order valence-electron chi connectivity index (χ0n) is 13.4. The van der Waals surface area contributed by atoms with Gasteiger partial charge in [-0.15, -0.1) is 0 Å². The maximum Gasteiger partial charge on any atom is 0.290 e. The van der Waals surface area contributed by atoms with E-state index in [0.717, 1.165) is 18.2 Å². The van der Waals surface area contributed by atoms with E-state index < -0.39 is 28.1 Å². The summed E-state index contributed by atoms with van der Waals surface area (Å²) in [6.45, 7) is 0.832. The van der Waals surface area contributed by atoms with Crippen molar-refractivity contribution in [2.75, 3.05) is 18.0 Å². The summed E-state index contributed by atoms with van der Waals surface area (Å²) < 4.78 is 27.3. The number of nitro groups is 1. The van der Waals surface area contributed by atoms with Crippen molar-refractivity contribution >= 4 is 11.5 Å². The van der Waals surface area contributed by atoms with Crippen LogP contribution in [0.15, 0.2) is 35.5 Å². The van der Waals surface area contributed by atoms with Crippen LogP contribution in [0, 0.1) is 27.7 Å². The standard InChI is InChI=1S/C16H19F2N5O2/c17-11-1-2-12(18)13(9-11)22-7-3-10(4-8-22)16(20)5-6-21-15(19)14(16)23(24)25/h1-2,5-6,9-10,14H,3-4,7-8,20H2,(H2,19,21). The molecule has 2 aliphatic rings. The predicted molar refractivity (Wildman–Crippen MR) is 89.8 cm³/mol. The summed E-state index contributed by atoms with van der Waals surface area (Å²) >= 11 is 0. The molecular formula is C16H19F2N5O2. The van der Waals surface area contributed by atoms with Crippen LogP contribution in [0.2, 0.25) is 0 Å². The largest absolute Gasteiger partial charge is 0.381 e. The summed E-state index contributed by atoms with van der Waals surface area (Å²) in [4.78, 5) is 16.4. The third-order valence-corrected chi connectivity index (χ3v) is 5.00. The van der Waals surface area contributed by atoms with Crippen LogP contribution >= 0.6 is 0 Å². The first kappa shape index (κ1) is 17.3. The third kappa shape index (κ3) is 3.07. The summed E-state index contributed by atoms with van der Waals surface area (Å²) in [5.41, 5.74) is 11.0. The minimum atomic E-state index is -1.29. The van der Waals surface area contributed by atoms with Crippen molar-refractivity contribution in [1.29, 1.82) is 0 Å². The van der Waals surface area contributed by atoms with E-state index in [1.165, 1.54) is 12.3 Å². The van der Waals surface area contributed by atoms with Crippen LogP contribution in [0.25, 0.3) is 0 Å². The number of benzene rings is 1. The van der Waals surface area contributed by atoms with Gasteiger partial charge in [-0.05, 0) is 37.0 Å². The van der Waals surface area contributed by atoms with Gasteiger partial charge in [-0.2, -0.15) is 0 Å². The molecule has 9 heteroatoms. The van der Waals surface area contributed by atoms with Gasteiger partial charge in [-0.1, -0.05) is 0 Å². The van der Waals surface area contributed by atoms with Crippen LogP contribution in [-0.4, -0.2) is 35.4 Å². The van der Waals surface area contributed by atoms with E-state index in [4.69, 9.17) is 11.5 Å². The molecule has 2 atom stereocenters. The number of hydrogen-bond donors (Lipinski definition) is 2. The van der Waals surface area contributed by atoms with Gasteiger partial charge in [0.15, 0.2) is 5.84 Å². The fourth-order valence-corrected chi connectivity index (χ4v) is 3.67. The molecule has 0 aromatic heterocycles. The molecule has 0 aliphatic carbocycles. The predicted octanol–water partition coefficient (Wildman–Crippen LogP) is 1.41. The van der Waals surface area contributed by atoms with E-state index in [0.29, 0.717) is 25.9 Å². The first-order valence-electron chi connectivity index (χ1n) is 7.96. The molecule has 0 spiro atoms. The molecule has 2 aliphatic heterocycles. The van der Waals surface area contributed by atoms with Crippen molar-refractivity contribution in [3.63, 3.8) is 0 Å². The molecule has 4 N–H and O–H groups in total. The quantitative estimate of drug-likeness (QED) is 0.632. The minimum absolute atomic E-state index is 0.117. The Morgan fingerprint density at radius 3 is 2.64 bits per heavy atom. The van der Waals surface area contributed by atoms with Gasteiger partial charge >= 0.3 is 0 Å². The number of anilines is 1. The van der Waals surface area contributed by atoms with Gasteiger partial charge in [0.25, 0.3) is 6.04 Å². The van der Waals surface area contributed by atoms with Crippen molar-refractivity contribution in [2.45, 2.75) is 24.4 Å². The molecule has 2 unspecified atom stereocenters. The molecule has 0 amide bonds. The second-order valence-corrected chi connectivity index (χ2v) is 6.41. The highest BCUT2D eigenvalue weighted by molar-refractivity contribution is 5.88. The van der Waals surface area contributed by atoms with E-state index in [1.54, 1.807) is 4.90 Å². The first-order chi connectivity index (χ1) is 11.8. The molecule has 134 valence electrons. The van der Waals surface area contributed by atoms with E-state index in [-0.39, 0.29) is 17.4 Å². The summed E-state index contributed by atoms with van der Waals surface area (Å²) in [5, 5.41) is 11.4. The molecule has 25 heavy (non-hydrogen) atoms. The van der Waals surface area contributed by atoms with Crippen LogP contribution in [0.5, 0.6) is 0 Å². The van der Waals surface area contributed by atoms with Gasteiger partial charge in [-0.3, -0.25) is 10.1 Å². The molecule has 3 rings (SSSR count). The number of nitrogens with two attached hydrogens (primary N) is 2. The Labute approximate surface area is 143 Å². The van der Waals surface area contributed by atoms with Crippen LogP contribution < -0.4 is 16.4 Å². The number of halogens is 2. The lowest BCUT2D eigenvalue weighted by Gasteiger charge is -2.42. The van der Waals surface area contributed by atoms with Gasteiger partial charge in [0, 0.05) is 30.3 Å². The van der Waals surface area contributed by atoms with E-state index in [2.05, 4.69) is 4.99 Å². The Bertz CT molecular complexity index is 746. The minimum Gasteiger partial charge on any atom is -0.381 e. The van der Waals surface area contributed by atoms with E-state index >= 15 is 0 Å². The van der Waals surface area contributed by atoms with E-state index in [1.807, 2.05) is 0 Å². The average molecular weight is 351 g/mol. The first-order valence-corrected chi connectivity index (χ1v) is 7.96. The summed E-state index contributed by atoms with van der Waals surface area (Å²) in [7, 11) is 0. The zero-order valence-corrected chi connectivity index (χ0v) is 13.4. The van der Waals surface area contributed by atoms with Gasteiger partial charge in [0.2, 0.25) is 0 Å². The molecule has 1 fully saturated rings. The van der Waals surface area contributed by atoms with Crippen molar-refractivity contribution in [3.05, 3.63) is 52.2 Å². The van der Waals surface area contributed by atoms with Crippen LogP contribution in [-0.2, 0) is 0 Å². The molecule has 0 radical (unpaired) electrons. The van der Waals surface area contributed by atoms with Crippen molar-refractivity contribution in [2.24, 2.45) is 22.4 Å². The van der Waals surface area contributed by atoms with Crippen LogP contribution in [0.1, 0.15) is 12.8 Å². The second kappa shape index (κ2) is 6.40. The van der Waals surface area contributed by atoms with Gasteiger partial charge < -0.3 is 16.4 Å². The van der Waals surface area contributed by atoms with Gasteiger partial charge in [0.1, 0.15) is 17.2 Å². The summed E-state index contributed by atoms with van der Waals surface area (Å²) in [6.07, 6.45) is 3.91. The summed E-state index contributed by atoms with van der Waals surface area (Å²) in [6, 6.07) is 2.01. The molecular weight excluding hydrogens is 332 g/mol.